The van der Waals surface area contributed by atoms with Crippen LogP contribution in [0.4, 0.5) is 11.4 Å². The van der Waals surface area contributed by atoms with Gasteiger partial charge in [0.15, 0.2) is 6.54 Å². The molecule has 2 aliphatic heterocycles. The van der Waals surface area contributed by atoms with E-state index in [2.05, 4.69) is 27.8 Å². The zero-order valence-electron chi connectivity index (χ0n) is 14.0. The van der Waals surface area contributed by atoms with Crippen LogP contribution in [0.15, 0.2) is 53.0 Å². The first-order valence-electron chi connectivity index (χ1n) is 8.19. The van der Waals surface area contributed by atoms with Crippen LogP contribution in [-0.4, -0.2) is 38.1 Å². The summed E-state index contributed by atoms with van der Waals surface area (Å²) in [5, 5.41) is 23.5. The lowest BCUT2D eigenvalue weighted by Gasteiger charge is -2.25. The summed E-state index contributed by atoms with van der Waals surface area (Å²) in [4.78, 5) is 12.6. The predicted octanol–water partition coefficient (Wildman–Crippen LogP) is 3.53. The van der Waals surface area contributed by atoms with E-state index in [0.29, 0.717) is 12.1 Å². The van der Waals surface area contributed by atoms with Crippen molar-refractivity contribution in [3.05, 3.63) is 68.7 Å². The highest BCUT2D eigenvalue weighted by atomic mass is 79.9. The van der Waals surface area contributed by atoms with Crippen molar-refractivity contribution in [2.75, 3.05) is 17.2 Å². The molecule has 2 heterocycles. The fourth-order valence-electron chi connectivity index (χ4n) is 3.53. The SMILES string of the molecule is CC1CSC2=[N+]1C(O)(c1ccc([N+](=O)[O-])cc1)CN2c1ccc(Br)cc1. The van der Waals surface area contributed by atoms with Crippen LogP contribution in [0.3, 0.4) is 0 Å². The lowest BCUT2D eigenvalue weighted by molar-refractivity contribution is -0.675. The second kappa shape index (κ2) is 6.37. The van der Waals surface area contributed by atoms with Gasteiger partial charge >= 0.3 is 5.17 Å². The molecular formula is C18H17BrN3O3S+. The summed E-state index contributed by atoms with van der Waals surface area (Å²) in [6, 6.07) is 14.3. The molecule has 0 aliphatic carbocycles. The smallest absolute Gasteiger partial charge is 0.317 e. The Morgan fingerprint density at radius 2 is 1.92 bits per heavy atom. The second-order valence-electron chi connectivity index (χ2n) is 6.50. The van der Waals surface area contributed by atoms with Crippen molar-refractivity contribution in [2.24, 2.45) is 0 Å². The van der Waals surface area contributed by atoms with Crippen molar-refractivity contribution in [2.45, 2.75) is 18.7 Å². The third-order valence-corrected chi connectivity index (χ3v) is 6.64. The molecular weight excluding hydrogens is 418 g/mol. The number of amidine groups is 1. The van der Waals surface area contributed by atoms with E-state index in [4.69, 9.17) is 0 Å². The lowest BCUT2D eigenvalue weighted by atomic mass is 10.0. The first-order valence-corrected chi connectivity index (χ1v) is 9.97. The molecule has 2 unspecified atom stereocenters. The van der Waals surface area contributed by atoms with E-state index in [1.165, 1.54) is 12.1 Å². The monoisotopic (exact) mass is 434 g/mol. The number of hydrogen-bond donors (Lipinski definition) is 1. The van der Waals surface area contributed by atoms with E-state index in [1.54, 1.807) is 23.9 Å². The summed E-state index contributed by atoms with van der Waals surface area (Å²) in [7, 11) is 0. The van der Waals surface area contributed by atoms with Gasteiger partial charge < -0.3 is 5.11 Å². The molecule has 8 heteroatoms. The van der Waals surface area contributed by atoms with Crippen LogP contribution < -0.4 is 4.90 Å². The minimum atomic E-state index is -1.22. The number of aliphatic hydroxyl groups is 1. The maximum absolute atomic E-state index is 11.6. The number of anilines is 1. The van der Waals surface area contributed by atoms with Gasteiger partial charge in [-0.2, -0.15) is 0 Å². The van der Waals surface area contributed by atoms with Crippen LogP contribution in [0.1, 0.15) is 12.5 Å². The van der Waals surface area contributed by atoms with Gasteiger partial charge in [0.1, 0.15) is 11.7 Å². The Morgan fingerprint density at radius 1 is 1.27 bits per heavy atom. The molecule has 0 spiro atoms. The number of non-ortho nitro benzene ring substituents is 1. The van der Waals surface area contributed by atoms with Crippen molar-refractivity contribution in [3.8, 4) is 0 Å². The van der Waals surface area contributed by atoms with Crippen molar-refractivity contribution >= 4 is 44.2 Å². The van der Waals surface area contributed by atoms with Gasteiger partial charge in [-0.15, -0.1) is 0 Å². The fourth-order valence-corrected chi connectivity index (χ4v) is 5.13. The summed E-state index contributed by atoms with van der Waals surface area (Å²) in [5.41, 5.74) is 0.468. The topological polar surface area (TPSA) is 69.6 Å². The highest BCUT2D eigenvalue weighted by Crippen LogP contribution is 2.40. The minimum absolute atomic E-state index is 0.0214. The Labute approximate surface area is 163 Å². The number of rotatable bonds is 3. The van der Waals surface area contributed by atoms with Gasteiger partial charge in [-0.05, 0) is 55.1 Å². The van der Waals surface area contributed by atoms with Crippen LogP contribution in [0.25, 0.3) is 0 Å². The van der Waals surface area contributed by atoms with E-state index < -0.39 is 10.6 Å². The first-order chi connectivity index (χ1) is 12.4. The van der Waals surface area contributed by atoms with Crippen molar-refractivity contribution < 1.29 is 14.6 Å². The van der Waals surface area contributed by atoms with Crippen molar-refractivity contribution in [3.63, 3.8) is 0 Å². The Hall–Kier alpha value is -1.90. The van der Waals surface area contributed by atoms with Crippen LogP contribution in [-0.2, 0) is 5.72 Å². The van der Waals surface area contributed by atoms with E-state index in [1.807, 2.05) is 28.8 Å². The quantitative estimate of drug-likeness (QED) is 0.454. The molecule has 4 rings (SSSR count). The average molecular weight is 435 g/mol. The highest BCUT2D eigenvalue weighted by molar-refractivity contribution is 9.10. The third kappa shape index (κ3) is 2.72. The van der Waals surface area contributed by atoms with E-state index in [0.717, 1.165) is 21.1 Å². The standard InChI is InChI=1S/C18H17BrN3O3S/c1-12-10-26-17-20(15-8-4-14(19)5-9-15)11-18(23,21(12)17)13-2-6-16(7-3-13)22(24)25/h2-9,12,23H,10-11H2,1H3/q+1. The van der Waals surface area contributed by atoms with Crippen LogP contribution in [0.2, 0.25) is 0 Å². The van der Waals surface area contributed by atoms with E-state index in [-0.39, 0.29) is 11.7 Å². The van der Waals surface area contributed by atoms with Gasteiger partial charge in [0.2, 0.25) is 0 Å². The van der Waals surface area contributed by atoms with Crippen LogP contribution in [0, 0.1) is 10.1 Å². The number of nitro benzene ring substituents is 1. The molecule has 2 atom stereocenters. The largest absolute Gasteiger partial charge is 0.346 e. The average Bonchev–Trinajstić information content (AvgIpc) is 3.16. The Bertz CT molecular complexity index is 901. The maximum Gasteiger partial charge on any atom is 0.317 e. The van der Waals surface area contributed by atoms with Crippen LogP contribution in [0.5, 0.6) is 0 Å². The van der Waals surface area contributed by atoms with Crippen molar-refractivity contribution in [1.82, 2.24) is 0 Å². The molecule has 0 saturated carbocycles. The normalized spacial score (nSPS) is 24.9. The Morgan fingerprint density at radius 3 is 2.54 bits per heavy atom. The molecule has 0 bridgehead atoms. The van der Waals surface area contributed by atoms with Gasteiger partial charge in [0, 0.05) is 27.9 Å². The molecule has 6 nitrogen and oxygen atoms in total. The molecule has 1 N–H and O–H groups in total. The van der Waals surface area contributed by atoms with Crippen molar-refractivity contribution in [1.29, 1.82) is 0 Å². The molecule has 26 heavy (non-hydrogen) atoms. The van der Waals surface area contributed by atoms with E-state index in [9.17, 15) is 15.2 Å². The third-order valence-electron chi connectivity index (χ3n) is 4.79. The van der Waals surface area contributed by atoms with Crippen LogP contribution >= 0.6 is 27.7 Å². The zero-order valence-corrected chi connectivity index (χ0v) is 16.4. The number of nitro groups is 1. The number of benzene rings is 2. The molecule has 0 saturated heterocycles. The molecule has 134 valence electrons. The van der Waals surface area contributed by atoms with Gasteiger partial charge in [-0.1, -0.05) is 15.9 Å². The number of nitrogens with zero attached hydrogens (tertiary/aromatic N) is 3. The van der Waals surface area contributed by atoms with Gasteiger partial charge in [-0.25, -0.2) is 9.48 Å². The zero-order chi connectivity index (χ0) is 18.5. The molecule has 0 amide bonds. The molecule has 2 aliphatic rings. The fraction of sp³-hybridized carbons (Fsp3) is 0.278. The second-order valence-corrected chi connectivity index (χ2v) is 8.40. The number of thioether (sulfide) groups is 1. The number of halogens is 1. The lowest BCUT2D eigenvalue weighted by Crippen LogP contribution is -2.44. The summed E-state index contributed by atoms with van der Waals surface area (Å²) in [5.74, 6) is 0.887. The highest BCUT2D eigenvalue weighted by Gasteiger charge is 2.56. The Kier molecular flexibility index (Phi) is 4.29. The number of hydrogen-bond acceptors (Lipinski definition) is 5. The summed E-state index contributed by atoms with van der Waals surface area (Å²) >= 11 is 5.17. The molecule has 2 aromatic carbocycles. The minimum Gasteiger partial charge on any atom is -0.346 e. The predicted molar refractivity (Wildman–Crippen MR) is 106 cm³/mol. The molecule has 0 aromatic heterocycles. The van der Waals surface area contributed by atoms with Gasteiger partial charge in [0.05, 0.1) is 4.92 Å². The molecule has 2 aromatic rings. The van der Waals surface area contributed by atoms with Gasteiger partial charge in [-0.3, -0.25) is 10.1 Å². The van der Waals surface area contributed by atoms with E-state index >= 15 is 0 Å². The summed E-state index contributed by atoms with van der Waals surface area (Å²) < 4.78 is 3.03. The molecule has 0 radical (unpaired) electrons. The summed E-state index contributed by atoms with van der Waals surface area (Å²) in [6.45, 7) is 2.46. The first kappa shape index (κ1) is 17.5. The molecule has 0 fully saturated rings. The maximum atomic E-state index is 11.6. The summed E-state index contributed by atoms with van der Waals surface area (Å²) in [6.07, 6.45) is 0. The Balaban J connectivity index is 1.77. The van der Waals surface area contributed by atoms with Gasteiger partial charge in [0.25, 0.3) is 11.4 Å². The number of β-amino-alcohol motifs (C(OH)–C–C–N with tert-alkyl or cyclic N) is 1.